The van der Waals surface area contributed by atoms with Crippen molar-refractivity contribution in [3.63, 3.8) is 0 Å². The molecule has 112 valence electrons. The van der Waals surface area contributed by atoms with Crippen molar-refractivity contribution in [1.82, 2.24) is 4.31 Å². The first kappa shape index (κ1) is 15.3. The Kier molecular flexibility index (Phi) is 4.67. The number of rotatable bonds is 4. The fraction of sp³-hybridized carbons (Fsp3) is 0.571. The SMILES string of the molecule is Cc1c(N)cccc1S(=O)(=O)N1CCCC(CCO)C1. The number of sulfonamides is 1. The number of nitrogen functional groups attached to an aromatic ring is 1. The third-order valence-corrected chi connectivity index (χ3v) is 5.97. The third-order valence-electron chi connectivity index (χ3n) is 3.96. The van der Waals surface area contributed by atoms with Crippen LogP contribution in [0.4, 0.5) is 5.69 Å². The smallest absolute Gasteiger partial charge is 0.243 e. The monoisotopic (exact) mass is 298 g/mol. The molecule has 5 nitrogen and oxygen atoms in total. The van der Waals surface area contributed by atoms with E-state index < -0.39 is 10.0 Å². The summed E-state index contributed by atoms with van der Waals surface area (Å²) in [6, 6.07) is 4.99. The van der Waals surface area contributed by atoms with Crippen LogP contribution >= 0.6 is 0 Å². The number of benzene rings is 1. The maximum atomic E-state index is 12.7. The van der Waals surface area contributed by atoms with Gasteiger partial charge in [0.25, 0.3) is 0 Å². The summed E-state index contributed by atoms with van der Waals surface area (Å²) in [6.45, 7) is 2.86. The molecule has 1 saturated heterocycles. The number of piperidine rings is 1. The quantitative estimate of drug-likeness (QED) is 0.822. The van der Waals surface area contributed by atoms with Gasteiger partial charge in [-0.1, -0.05) is 6.07 Å². The maximum absolute atomic E-state index is 12.7. The van der Waals surface area contributed by atoms with Crippen LogP contribution in [0.15, 0.2) is 23.1 Å². The van der Waals surface area contributed by atoms with E-state index in [9.17, 15) is 8.42 Å². The summed E-state index contributed by atoms with van der Waals surface area (Å²) in [4.78, 5) is 0.294. The van der Waals surface area contributed by atoms with Gasteiger partial charge >= 0.3 is 0 Å². The van der Waals surface area contributed by atoms with Gasteiger partial charge in [0, 0.05) is 25.4 Å². The number of anilines is 1. The Balaban J connectivity index is 2.28. The van der Waals surface area contributed by atoms with E-state index in [0.717, 1.165) is 12.8 Å². The van der Waals surface area contributed by atoms with E-state index in [4.69, 9.17) is 10.8 Å². The second kappa shape index (κ2) is 6.11. The van der Waals surface area contributed by atoms with E-state index >= 15 is 0 Å². The Morgan fingerprint density at radius 1 is 1.45 bits per heavy atom. The molecule has 1 heterocycles. The Bertz CT molecular complexity index is 570. The Morgan fingerprint density at radius 2 is 2.20 bits per heavy atom. The summed E-state index contributed by atoms with van der Waals surface area (Å²) in [5.41, 5.74) is 6.91. The summed E-state index contributed by atoms with van der Waals surface area (Å²) in [5, 5.41) is 9.02. The van der Waals surface area contributed by atoms with Crippen molar-refractivity contribution in [1.29, 1.82) is 0 Å². The highest BCUT2D eigenvalue weighted by Gasteiger charge is 2.31. The molecule has 0 saturated carbocycles. The zero-order valence-corrected chi connectivity index (χ0v) is 12.6. The zero-order chi connectivity index (χ0) is 14.8. The molecule has 0 bridgehead atoms. The van der Waals surface area contributed by atoms with Gasteiger partial charge in [-0.2, -0.15) is 4.31 Å². The molecule has 3 N–H and O–H groups in total. The van der Waals surface area contributed by atoms with Crippen LogP contribution in [0.25, 0.3) is 0 Å². The average molecular weight is 298 g/mol. The number of aliphatic hydroxyl groups excluding tert-OH is 1. The molecular weight excluding hydrogens is 276 g/mol. The fourth-order valence-corrected chi connectivity index (χ4v) is 4.52. The topological polar surface area (TPSA) is 83.6 Å². The summed E-state index contributed by atoms with van der Waals surface area (Å²) in [5.74, 6) is 0.241. The molecule has 0 aromatic heterocycles. The minimum atomic E-state index is -3.49. The van der Waals surface area contributed by atoms with Crippen LogP contribution in [-0.2, 0) is 10.0 Å². The molecular formula is C14H22N2O3S. The first-order valence-electron chi connectivity index (χ1n) is 6.93. The molecule has 1 atom stereocenters. The molecule has 1 aliphatic rings. The van der Waals surface area contributed by atoms with Gasteiger partial charge in [0.15, 0.2) is 0 Å². The summed E-state index contributed by atoms with van der Waals surface area (Å²) < 4.78 is 27.0. The van der Waals surface area contributed by atoms with Gasteiger partial charge in [-0.05, 0) is 49.8 Å². The highest BCUT2D eigenvalue weighted by atomic mass is 32.2. The fourth-order valence-electron chi connectivity index (χ4n) is 2.71. The van der Waals surface area contributed by atoms with Crippen LogP contribution in [0.5, 0.6) is 0 Å². The predicted octanol–water partition coefficient (Wildman–Crippen LogP) is 1.36. The minimum absolute atomic E-state index is 0.107. The first-order chi connectivity index (χ1) is 9.46. The van der Waals surface area contributed by atoms with Gasteiger partial charge in [-0.15, -0.1) is 0 Å². The molecule has 0 radical (unpaired) electrons. The van der Waals surface area contributed by atoms with Crippen molar-refractivity contribution < 1.29 is 13.5 Å². The average Bonchev–Trinajstić information content (AvgIpc) is 2.42. The van der Waals surface area contributed by atoms with Crippen LogP contribution in [0, 0.1) is 12.8 Å². The molecule has 1 fully saturated rings. The van der Waals surface area contributed by atoms with Gasteiger partial charge in [0.1, 0.15) is 0 Å². The second-order valence-electron chi connectivity index (χ2n) is 5.35. The van der Waals surface area contributed by atoms with Gasteiger partial charge in [0.05, 0.1) is 4.90 Å². The molecule has 1 aliphatic heterocycles. The zero-order valence-electron chi connectivity index (χ0n) is 11.7. The maximum Gasteiger partial charge on any atom is 0.243 e. The highest BCUT2D eigenvalue weighted by molar-refractivity contribution is 7.89. The molecule has 1 aromatic carbocycles. The lowest BCUT2D eigenvalue weighted by atomic mass is 9.97. The first-order valence-corrected chi connectivity index (χ1v) is 8.37. The lowest BCUT2D eigenvalue weighted by molar-refractivity contribution is 0.203. The van der Waals surface area contributed by atoms with E-state index in [2.05, 4.69) is 0 Å². The minimum Gasteiger partial charge on any atom is -0.398 e. The Labute approximate surface area is 120 Å². The van der Waals surface area contributed by atoms with Crippen molar-refractivity contribution >= 4 is 15.7 Å². The number of hydrogen-bond acceptors (Lipinski definition) is 4. The molecule has 0 aliphatic carbocycles. The van der Waals surface area contributed by atoms with Gasteiger partial charge < -0.3 is 10.8 Å². The molecule has 0 spiro atoms. The summed E-state index contributed by atoms with van der Waals surface area (Å²) in [7, 11) is -3.49. The Hall–Kier alpha value is -1.11. The largest absolute Gasteiger partial charge is 0.398 e. The van der Waals surface area contributed by atoms with Crippen LogP contribution in [-0.4, -0.2) is 37.5 Å². The van der Waals surface area contributed by atoms with Crippen LogP contribution in [0.2, 0.25) is 0 Å². The summed E-state index contributed by atoms with van der Waals surface area (Å²) in [6.07, 6.45) is 2.47. The van der Waals surface area contributed by atoms with Gasteiger partial charge in [-0.3, -0.25) is 0 Å². The third kappa shape index (κ3) is 2.97. The molecule has 2 rings (SSSR count). The lowest BCUT2D eigenvalue weighted by Gasteiger charge is -2.32. The predicted molar refractivity (Wildman–Crippen MR) is 78.8 cm³/mol. The van der Waals surface area contributed by atoms with Crippen LogP contribution in [0.1, 0.15) is 24.8 Å². The normalized spacial score (nSPS) is 21.0. The number of nitrogens with zero attached hydrogens (tertiary/aromatic N) is 1. The molecule has 1 unspecified atom stereocenters. The molecule has 1 aromatic rings. The van der Waals surface area contributed by atoms with E-state index in [1.807, 2.05) is 0 Å². The van der Waals surface area contributed by atoms with Crippen molar-refractivity contribution in [3.05, 3.63) is 23.8 Å². The van der Waals surface area contributed by atoms with E-state index in [1.54, 1.807) is 25.1 Å². The van der Waals surface area contributed by atoms with E-state index in [1.165, 1.54) is 4.31 Å². The van der Waals surface area contributed by atoms with Crippen molar-refractivity contribution in [2.45, 2.75) is 31.1 Å². The van der Waals surface area contributed by atoms with E-state index in [0.29, 0.717) is 35.7 Å². The van der Waals surface area contributed by atoms with Crippen LogP contribution in [0.3, 0.4) is 0 Å². The molecule has 20 heavy (non-hydrogen) atoms. The number of nitrogens with two attached hydrogens (primary N) is 1. The molecule has 0 amide bonds. The van der Waals surface area contributed by atoms with Crippen LogP contribution < -0.4 is 5.73 Å². The summed E-state index contributed by atoms with van der Waals surface area (Å²) >= 11 is 0. The molecule has 6 heteroatoms. The van der Waals surface area contributed by atoms with E-state index in [-0.39, 0.29) is 12.5 Å². The van der Waals surface area contributed by atoms with Gasteiger partial charge in [-0.25, -0.2) is 8.42 Å². The van der Waals surface area contributed by atoms with Crippen molar-refractivity contribution in [2.24, 2.45) is 5.92 Å². The van der Waals surface area contributed by atoms with Crippen molar-refractivity contribution in [3.8, 4) is 0 Å². The second-order valence-corrected chi connectivity index (χ2v) is 7.26. The number of aliphatic hydroxyl groups is 1. The van der Waals surface area contributed by atoms with Crippen molar-refractivity contribution in [2.75, 3.05) is 25.4 Å². The standard InChI is InChI=1S/C14H22N2O3S/c1-11-13(15)5-2-6-14(11)20(18,19)16-8-3-4-12(10-16)7-9-17/h2,5-6,12,17H,3-4,7-10,15H2,1H3. The Morgan fingerprint density at radius 3 is 2.90 bits per heavy atom. The number of hydrogen-bond donors (Lipinski definition) is 2. The highest BCUT2D eigenvalue weighted by Crippen LogP contribution is 2.28. The lowest BCUT2D eigenvalue weighted by Crippen LogP contribution is -2.40. The van der Waals surface area contributed by atoms with Gasteiger partial charge in [0.2, 0.25) is 10.0 Å².